The van der Waals surface area contributed by atoms with Crippen molar-refractivity contribution in [2.45, 2.75) is 19.4 Å². The van der Waals surface area contributed by atoms with Gasteiger partial charge in [-0.25, -0.2) is 0 Å². The molecule has 146 valence electrons. The van der Waals surface area contributed by atoms with E-state index in [9.17, 15) is 19.2 Å². The lowest BCUT2D eigenvalue weighted by atomic mass is 10.0. The molecule has 0 fully saturated rings. The van der Waals surface area contributed by atoms with Gasteiger partial charge in [-0.1, -0.05) is 54.6 Å². The lowest BCUT2D eigenvalue weighted by Gasteiger charge is -2.16. The molecule has 0 aliphatic rings. The maximum Gasteiger partial charge on any atom is 0.243 e. The van der Waals surface area contributed by atoms with Crippen molar-refractivity contribution in [3.05, 3.63) is 60.2 Å². The first-order valence-electron chi connectivity index (χ1n) is 8.87. The van der Waals surface area contributed by atoms with Crippen molar-refractivity contribution in [2.75, 3.05) is 13.1 Å². The fourth-order valence-electron chi connectivity index (χ4n) is 2.59. The van der Waals surface area contributed by atoms with Gasteiger partial charge >= 0.3 is 0 Å². The van der Waals surface area contributed by atoms with Crippen LogP contribution in [0.25, 0.3) is 11.1 Å². The predicted molar refractivity (Wildman–Crippen MR) is 105 cm³/mol. The van der Waals surface area contributed by atoms with E-state index in [-0.39, 0.29) is 25.3 Å². The van der Waals surface area contributed by atoms with Crippen molar-refractivity contribution in [1.82, 2.24) is 16.0 Å². The number of rotatable bonds is 10. The Morgan fingerprint density at radius 2 is 1.54 bits per heavy atom. The van der Waals surface area contributed by atoms with Gasteiger partial charge in [0, 0.05) is 6.42 Å². The molecule has 3 amide bonds. The third kappa shape index (κ3) is 6.68. The zero-order valence-corrected chi connectivity index (χ0v) is 15.6. The monoisotopic (exact) mass is 381 g/mol. The van der Waals surface area contributed by atoms with Gasteiger partial charge in [0.25, 0.3) is 0 Å². The molecule has 2 rings (SSSR count). The molecule has 0 aliphatic heterocycles. The Labute approximate surface area is 163 Å². The molecule has 0 aromatic heterocycles. The highest BCUT2D eigenvalue weighted by molar-refractivity contribution is 5.90. The third-order valence-corrected chi connectivity index (χ3v) is 4.04. The van der Waals surface area contributed by atoms with Crippen LogP contribution >= 0.6 is 0 Å². The molecule has 0 spiro atoms. The molecule has 0 radical (unpaired) electrons. The van der Waals surface area contributed by atoms with E-state index in [0.717, 1.165) is 16.7 Å². The van der Waals surface area contributed by atoms with E-state index in [4.69, 9.17) is 0 Å². The second-order valence-electron chi connectivity index (χ2n) is 6.30. The Hall–Kier alpha value is -3.48. The minimum absolute atomic E-state index is 0.0848. The highest BCUT2D eigenvalue weighted by atomic mass is 16.2. The minimum Gasteiger partial charge on any atom is -0.348 e. The molecule has 0 unspecified atom stereocenters. The van der Waals surface area contributed by atoms with Gasteiger partial charge in [-0.2, -0.15) is 0 Å². The summed E-state index contributed by atoms with van der Waals surface area (Å²) in [5, 5.41) is 7.32. The van der Waals surface area contributed by atoms with E-state index >= 15 is 0 Å². The maximum absolute atomic E-state index is 12.3. The standard InChI is InChI=1S/C21H23N3O4/c1-15(26)12-22-20(27)13-23-21(28)19(24-14-25)11-16-7-9-18(10-8-16)17-5-3-2-4-6-17/h2-10,14,19H,11-13H2,1H3,(H,22,27)(H,23,28)(H,24,25)/t19-/m0/s1. The molecule has 0 bridgehead atoms. The van der Waals surface area contributed by atoms with Gasteiger partial charge in [0.2, 0.25) is 18.2 Å². The fraction of sp³-hybridized carbons (Fsp3) is 0.238. The first kappa shape index (κ1) is 20.8. The molecule has 2 aromatic carbocycles. The van der Waals surface area contributed by atoms with E-state index in [1.807, 2.05) is 54.6 Å². The van der Waals surface area contributed by atoms with Crippen LogP contribution in [0.5, 0.6) is 0 Å². The first-order chi connectivity index (χ1) is 13.5. The number of benzene rings is 2. The molecule has 0 aliphatic carbocycles. The lowest BCUT2D eigenvalue weighted by molar-refractivity contribution is -0.128. The van der Waals surface area contributed by atoms with Gasteiger partial charge < -0.3 is 16.0 Å². The molecular weight excluding hydrogens is 358 g/mol. The summed E-state index contributed by atoms with van der Waals surface area (Å²) < 4.78 is 0. The SMILES string of the molecule is CC(=O)CNC(=O)CNC(=O)[C@H](Cc1ccc(-c2ccccc2)cc1)NC=O. The Bertz CT molecular complexity index is 819. The van der Waals surface area contributed by atoms with Gasteiger partial charge in [-0.15, -0.1) is 0 Å². The Balaban J connectivity index is 1.94. The van der Waals surface area contributed by atoms with Gasteiger partial charge in [0.05, 0.1) is 13.1 Å². The fourth-order valence-corrected chi connectivity index (χ4v) is 2.59. The van der Waals surface area contributed by atoms with Crippen LogP contribution < -0.4 is 16.0 Å². The van der Waals surface area contributed by atoms with Gasteiger partial charge in [0.15, 0.2) is 0 Å². The van der Waals surface area contributed by atoms with Crippen LogP contribution in [-0.2, 0) is 25.6 Å². The van der Waals surface area contributed by atoms with Crippen LogP contribution in [0.1, 0.15) is 12.5 Å². The molecule has 2 aromatic rings. The molecule has 3 N–H and O–H groups in total. The van der Waals surface area contributed by atoms with Crippen molar-refractivity contribution in [3.63, 3.8) is 0 Å². The highest BCUT2D eigenvalue weighted by Crippen LogP contribution is 2.19. The summed E-state index contributed by atoms with van der Waals surface area (Å²) in [4.78, 5) is 45.6. The molecule has 7 heteroatoms. The van der Waals surface area contributed by atoms with E-state index in [1.165, 1.54) is 6.92 Å². The summed E-state index contributed by atoms with van der Waals surface area (Å²) in [5.74, 6) is -1.13. The average Bonchev–Trinajstić information content (AvgIpc) is 2.71. The van der Waals surface area contributed by atoms with Crippen LogP contribution in [0.4, 0.5) is 0 Å². The Kier molecular flexibility index (Phi) is 7.90. The number of carbonyl (C=O) groups is 4. The van der Waals surface area contributed by atoms with Crippen LogP contribution in [0, 0.1) is 0 Å². The van der Waals surface area contributed by atoms with Crippen molar-refractivity contribution in [1.29, 1.82) is 0 Å². The molecule has 0 saturated heterocycles. The van der Waals surface area contributed by atoms with Crippen molar-refractivity contribution in [3.8, 4) is 11.1 Å². The van der Waals surface area contributed by atoms with Crippen LogP contribution in [0.2, 0.25) is 0 Å². The van der Waals surface area contributed by atoms with E-state index < -0.39 is 17.9 Å². The van der Waals surface area contributed by atoms with E-state index in [1.54, 1.807) is 0 Å². The Morgan fingerprint density at radius 3 is 2.14 bits per heavy atom. The summed E-state index contributed by atoms with van der Waals surface area (Å²) in [5.41, 5.74) is 3.01. The summed E-state index contributed by atoms with van der Waals surface area (Å²) in [6.45, 7) is 1.00. The number of nitrogens with one attached hydrogen (secondary N) is 3. The molecule has 1 atom stereocenters. The molecular formula is C21H23N3O4. The van der Waals surface area contributed by atoms with Gasteiger partial charge in [0.1, 0.15) is 11.8 Å². The molecule has 0 saturated carbocycles. The smallest absolute Gasteiger partial charge is 0.243 e. The number of hydrogen-bond donors (Lipinski definition) is 3. The largest absolute Gasteiger partial charge is 0.348 e. The second-order valence-corrected chi connectivity index (χ2v) is 6.30. The van der Waals surface area contributed by atoms with E-state index in [2.05, 4.69) is 16.0 Å². The topological polar surface area (TPSA) is 104 Å². The number of Topliss-reactive ketones (excluding diaryl/α,β-unsaturated/α-hetero) is 1. The lowest BCUT2D eigenvalue weighted by Crippen LogP contribution is -2.48. The van der Waals surface area contributed by atoms with Crippen LogP contribution in [-0.4, -0.2) is 43.1 Å². The first-order valence-corrected chi connectivity index (χ1v) is 8.87. The third-order valence-electron chi connectivity index (χ3n) is 4.04. The zero-order chi connectivity index (χ0) is 20.4. The maximum atomic E-state index is 12.3. The average molecular weight is 381 g/mol. The minimum atomic E-state index is -0.805. The van der Waals surface area contributed by atoms with Crippen molar-refractivity contribution >= 4 is 24.0 Å². The number of carbonyl (C=O) groups excluding carboxylic acids is 4. The highest BCUT2D eigenvalue weighted by Gasteiger charge is 2.19. The number of ketones is 1. The van der Waals surface area contributed by atoms with Crippen LogP contribution in [0.3, 0.4) is 0 Å². The quantitative estimate of drug-likeness (QED) is 0.530. The van der Waals surface area contributed by atoms with E-state index in [0.29, 0.717) is 6.41 Å². The number of hydrogen-bond acceptors (Lipinski definition) is 4. The summed E-state index contributed by atoms with van der Waals surface area (Å²) in [6.07, 6.45) is 0.743. The molecule has 7 nitrogen and oxygen atoms in total. The van der Waals surface area contributed by atoms with Crippen molar-refractivity contribution < 1.29 is 19.2 Å². The summed E-state index contributed by atoms with van der Waals surface area (Å²) >= 11 is 0. The molecule has 28 heavy (non-hydrogen) atoms. The second kappa shape index (κ2) is 10.6. The zero-order valence-electron chi connectivity index (χ0n) is 15.6. The van der Waals surface area contributed by atoms with Crippen LogP contribution in [0.15, 0.2) is 54.6 Å². The Morgan fingerprint density at radius 1 is 0.893 bits per heavy atom. The normalized spacial score (nSPS) is 11.2. The predicted octanol–water partition coefficient (Wildman–Crippen LogP) is 0.832. The van der Waals surface area contributed by atoms with Crippen molar-refractivity contribution in [2.24, 2.45) is 0 Å². The number of amides is 3. The van der Waals surface area contributed by atoms with Gasteiger partial charge in [-0.3, -0.25) is 19.2 Å². The van der Waals surface area contributed by atoms with Gasteiger partial charge in [-0.05, 0) is 23.6 Å². The summed E-state index contributed by atoms with van der Waals surface area (Å²) in [7, 11) is 0. The summed E-state index contributed by atoms with van der Waals surface area (Å²) in [6, 6.07) is 16.8. The molecule has 0 heterocycles.